The van der Waals surface area contributed by atoms with Crippen molar-refractivity contribution in [3.8, 4) is 16.9 Å². The lowest BCUT2D eigenvalue weighted by Gasteiger charge is -2.07. The van der Waals surface area contributed by atoms with E-state index in [1.165, 1.54) is 0 Å². The molecule has 0 aliphatic carbocycles. The minimum Gasteiger partial charge on any atom is -0.494 e. The number of rotatable bonds is 11. The van der Waals surface area contributed by atoms with Gasteiger partial charge in [0.05, 0.1) is 13.0 Å². The van der Waals surface area contributed by atoms with Crippen molar-refractivity contribution in [3.63, 3.8) is 0 Å². The van der Waals surface area contributed by atoms with Gasteiger partial charge in [-0.25, -0.2) is 0 Å². The van der Waals surface area contributed by atoms with Gasteiger partial charge in [0.15, 0.2) is 5.78 Å². The predicted octanol–water partition coefficient (Wildman–Crippen LogP) is 5.86. The SMILES string of the molecule is CCCCOc1ccc(-c2ccc(C(=O)CC(=O)CCCC)cc2)cc1. The molecule has 0 saturated heterocycles. The fourth-order valence-electron chi connectivity index (χ4n) is 2.67. The molecule has 0 amide bonds. The van der Waals surface area contributed by atoms with Gasteiger partial charge in [0.2, 0.25) is 0 Å². The van der Waals surface area contributed by atoms with Crippen LogP contribution in [0.2, 0.25) is 0 Å². The van der Waals surface area contributed by atoms with Crippen LogP contribution in [-0.2, 0) is 4.79 Å². The van der Waals surface area contributed by atoms with Crippen molar-refractivity contribution in [2.24, 2.45) is 0 Å². The number of unbranched alkanes of at least 4 members (excludes halogenated alkanes) is 2. The summed E-state index contributed by atoms with van der Waals surface area (Å²) in [6.45, 7) is 4.92. The second-order valence-electron chi connectivity index (χ2n) is 6.55. The topological polar surface area (TPSA) is 43.4 Å². The summed E-state index contributed by atoms with van der Waals surface area (Å²) in [5.41, 5.74) is 2.71. The van der Waals surface area contributed by atoms with Crippen molar-refractivity contribution < 1.29 is 14.3 Å². The van der Waals surface area contributed by atoms with E-state index < -0.39 is 0 Å². The van der Waals surface area contributed by atoms with Crippen molar-refractivity contribution >= 4 is 11.6 Å². The number of Topliss-reactive ketones (excluding diaryl/α,β-unsaturated/α-hetero) is 2. The van der Waals surface area contributed by atoms with E-state index in [2.05, 4.69) is 6.92 Å². The zero-order chi connectivity index (χ0) is 18.8. The maximum absolute atomic E-state index is 12.2. The Hall–Kier alpha value is -2.42. The lowest BCUT2D eigenvalue weighted by atomic mass is 9.99. The Balaban J connectivity index is 1.96. The van der Waals surface area contributed by atoms with Crippen LogP contribution in [0.15, 0.2) is 48.5 Å². The van der Waals surface area contributed by atoms with Gasteiger partial charge in [0, 0.05) is 12.0 Å². The molecule has 0 aliphatic heterocycles. The second-order valence-corrected chi connectivity index (χ2v) is 6.55. The highest BCUT2D eigenvalue weighted by Gasteiger charge is 2.11. The normalized spacial score (nSPS) is 10.5. The Kier molecular flexibility index (Phi) is 8.07. The number of carbonyl (C=O) groups is 2. The van der Waals surface area contributed by atoms with Gasteiger partial charge in [0.25, 0.3) is 0 Å². The first-order valence-electron chi connectivity index (χ1n) is 9.52. The van der Waals surface area contributed by atoms with Gasteiger partial charge >= 0.3 is 0 Å². The summed E-state index contributed by atoms with van der Waals surface area (Å²) in [5, 5.41) is 0. The quantitative estimate of drug-likeness (QED) is 0.289. The van der Waals surface area contributed by atoms with Gasteiger partial charge in [-0.15, -0.1) is 0 Å². The summed E-state index contributed by atoms with van der Waals surface area (Å²) in [7, 11) is 0. The Bertz CT molecular complexity index is 699. The van der Waals surface area contributed by atoms with E-state index in [9.17, 15) is 9.59 Å². The Morgan fingerprint density at radius 3 is 1.96 bits per heavy atom. The molecule has 0 aliphatic rings. The Morgan fingerprint density at radius 1 is 0.808 bits per heavy atom. The average molecular weight is 352 g/mol. The van der Waals surface area contributed by atoms with Crippen molar-refractivity contribution in [1.82, 2.24) is 0 Å². The van der Waals surface area contributed by atoms with Gasteiger partial charge < -0.3 is 4.74 Å². The van der Waals surface area contributed by atoms with Gasteiger partial charge in [-0.2, -0.15) is 0 Å². The largest absolute Gasteiger partial charge is 0.494 e. The van der Waals surface area contributed by atoms with E-state index in [1.54, 1.807) is 12.1 Å². The van der Waals surface area contributed by atoms with E-state index in [0.29, 0.717) is 12.0 Å². The summed E-state index contributed by atoms with van der Waals surface area (Å²) < 4.78 is 5.68. The molecule has 2 aromatic carbocycles. The molecule has 138 valence electrons. The minimum absolute atomic E-state index is 0.00312. The molecule has 0 heterocycles. The van der Waals surface area contributed by atoms with Crippen molar-refractivity contribution in [3.05, 3.63) is 54.1 Å². The zero-order valence-electron chi connectivity index (χ0n) is 15.8. The predicted molar refractivity (Wildman–Crippen MR) is 106 cm³/mol. The molecule has 0 spiro atoms. The van der Waals surface area contributed by atoms with Crippen LogP contribution >= 0.6 is 0 Å². The molecule has 2 rings (SSSR count). The average Bonchev–Trinajstić information content (AvgIpc) is 2.67. The third kappa shape index (κ3) is 6.14. The molecule has 26 heavy (non-hydrogen) atoms. The summed E-state index contributed by atoms with van der Waals surface area (Å²) >= 11 is 0. The standard InChI is InChI=1S/C23H28O3/c1-3-5-7-21(24)17-23(25)20-10-8-18(9-11-20)19-12-14-22(15-13-19)26-16-6-4-2/h8-15H,3-7,16-17H2,1-2H3. The number of hydrogen-bond donors (Lipinski definition) is 0. The summed E-state index contributed by atoms with van der Waals surface area (Å²) in [6.07, 6.45) is 4.49. The van der Waals surface area contributed by atoms with E-state index in [0.717, 1.165) is 49.2 Å². The molecular formula is C23H28O3. The smallest absolute Gasteiger partial charge is 0.170 e. The van der Waals surface area contributed by atoms with Gasteiger partial charge in [0.1, 0.15) is 11.5 Å². The number of hydrogen-bond acceptors (Lipinski definition) is 3. The molecule has 0 atom stereocenters. The van der Waals surface area contributed by atoms with Gasteiger partial charge in [-0.05, 0) is 36.1 Å². The third-order valence-electron chi connectivity index (χ3n) is 4.33. The Morgan fingerprint density at radius 2 is 1.38 bits per heavy atom. The maximum atomic E-state index is 12.2. The number of benzene rings is 2. The molecule has 0 aromatic heterocycles. The molecule has 0 radical (unpaired) electrons. The monoisotopic (exact) mass is 352 g/mol. The first-order chi connectivity index (χ1) is 12.6. The molecular weight excluding hydrogens is 324 g/mol. The second kappa shape index (κ2) is 10.5. The highest BCUT2D eigenvalue weighted by molar-refractivity contribution is 6.08. The van der Waals surface area contributed by atoms with E-state index in [1.807, 2.05) is 43.3 Å². The maximum Gasteiger partial charge on any atom is 0.170 e. The first-order valence-corrected chi connectivity index (χ1v) is 9.52. The number of ketones is 2. The number of ether oxygens (including phenoxy) is 1. The molecule has 0 bridgehead atoms. The van der Waals surface area contributed by atoms with Crippen LogP contribution in [0.25, 0.3) is 11.1 Å². The summed E-state index contributed by atoms with van der Waals surface area (Å²) in [5.74, 6) is 0.802. The van der Waals surface area contributed by atoms with Crippen LogP contribution in [0.5, 0.6) is 5.75 Å². The van der Waals surface area contributed by atoms with Crippen molar-refractivity contribution in [2.75, 3.05) is 6.61 Å². The van der Waals surface area contributed by atoms with Crippen LogP contribution in [-0.4, -0.2) is 18.2 Å². The van der Waals surface area contributed by atoms with Crippen molar-refractivity contribution in [1.29, 1.82) is 0 Å². The number of carbonyl (C=O) groups excluding carboxylic acids is 2. The fourth-order valence-corrected chi connectivity index (χ4v) is 2.67. The highest BCUT2D eigenvalue weighted by atomic mass is 16.5. The van der Waals surface area contributed by atoms with Crippen LogP contribution in [0, 0.1) is 0 Å². The zero-order valence-corrected chi connectivity index (χ0v) is 15.8. The van der Waals surface area contributed by atoms with E-state index in [-0.39, 0.29) is 18.0 Å². The fraction of sp³-hybridized carbons (Fsp3) is 0.391. The lowest BCUT2D eigenvalue weighted by molar-refractivity contribution is -0.118. The van der Waals surface area contributed by atoms with E-state index >= 15 is 0 Å². The summed E-state index contributed by atoms with van der Waals surface area (Å²) in [6, 6.07) is 15.4. The minimum atomic E-state index is -0.0997. The first kappa shape index (κ1) is 19.9. The Labute approximate surface area is 156 Å². The van der Waals surface area contributed by atoms with Crippen LogP contribution in [0.4, 0.5) is 0 Å². The summed E-state index contributed by atoms with van der Waals surface area (Å²) in [4.78, 5) is 24.0. The van der Waals surface area contributed by atoms with E-state index in [4.69, 9.17) is 4.74 Å². The molecule has 3 heteroatoms. The van der Waals surface area contributed by atoms with Gasteiger partial charge in [-0.3, -0.25) is 9.59 Å². The molecule has 0 fully saturated rings. The van der Waals surface area contributed by atoms with Gasteiger partial charge in [-0.1, -0.05) is 63.1 Å². The molecule has 0 unspecified atom stereocenters. The van der Waals surface area contributed by atoms with Crippen LogP contribution < -0.4 is 4.74 Å². The molecule has 3 nitrogen and oxygen atoms in total. The molecule has 2 aromatic rings. The lowest BCUT2D eigenvalue weighted by Crippen LogP contribution is -2.07. The molecule has 0 N–H and O–H groups in total. The molecule has 0 saturated carbocycles. The van der Waals surface area contributed by atoms with Crippen molar-refractivity contribution in [2.45, 2.75) is 52.4 Å². The van der Waals surface area contributed by atoms with Crippen LogP contribution in [0.3, 0.4) is 0 Å². The highest BCUT2D eigenvalue weighted by Crippen LogP contribution is 2.23. The van der Waals surface area contributed by atoms with Crippen LogP contribution in [0.1, 0.15) is 62.7 Å². The third-order valence-corrected chi connectivity index (χ3v) is 4.33.